The van der Waals surface area contributed by atoms with Crippen molar-refractivity contribution < 1.29 is 17.9 Å². The zero-order valence-corrected chi connectivity index (χ0v) is 6.50. The van der Waals surface area contributed by atoms with Gasteiger partial charge in [0.05, 0.1) is 6.54 Å². The Morgan fingerprint density at radius 2 is 2.27 bits per heavy atom. The second-order valence-electron chi connectivity index (χ2n) is 1.44. The Morgan fingerprint density at radius 1 is 1.64 bits per heavy atom. The molecule has 0 rings (SSSR count). The third-order valence-electron chi connectivity index (χ3n) is 0.699. The lowest BCUT2D eigenvalue weighted by atomic mass is 10.6. The van der Waals surface area contributed by atoms with Crippen LogP contribution in [-0.4, -0.2) is 27.5 Å². The zero-order chi connectivity index (χ0) is 8.69. The molecular weight excluding hydrogens is 170 g/mol. The molecular formula is C5H7NO4S. The fraction of sp³-hybridized carbons (Fsp3) is 0.400. The van der Waals surface area contributed by atoms with Crippen LogP contribution in [0.5, 0.6) is 0 Å². The van der Waals surface area contributed by atoms with Crippen molar-refractivity contribution in [2.24, 2.45) is 4.36 Å². The largest absolute Gasteiger partial charge is 0.461 e. The van der Waals surface area contributed by atoms with Gasteiger partial charge in [-0.1, -0.05) is 6.58 Å². The number of hydrogen-bond donors (Lipinski definition) is 0. The molecule has 0 unspecified atom stereocenters. The summed E-state index contributed by atoms with van der Waals surface area (Å²) in [5.74, 6) is -0.586. The first-order chi connectivity index (χ1) is 5.16. The van der Waals surface area contributed by atoms with Gasteiger partial charge in [0, 0.05) is 6.08 Å². The van der Waals surface area contributed by atoms with Gasteiger partial charge in [0.15, 0.2) is 0 Å². The highest BCUT2D eigenvalue weighted by molar-refractivity contribution is 7.61. The van der Waals surface area contributed by atoms with Crippen molar-refractivity contribution in [2.75, 3.05) is 13.2 Å². The summed E-state index contributed by atoms with van der Waals surface area (Å²) >= 11 is 0. The average molecular weight is 177 g/mol. The van der Waals surface area contributed by atoms with Crippen LogP contribution in [0.15, 0.2) is 17.0 Å². The molecule has 0 aliphatic carbocycles. The van der Waals surface area contributed by atoms with Crippen LogP contribution in [0.4, 0.5) is 0 Å². The standard InChI is InChI=1S/C5H7NO4S/c1-2-5(7)10-4-3-6-11(8)9/h2H,1,3-4H2. The number of hydrogen-bond acceptors (Lipinski definition) is 5. The average Bonchev–Trinajstić information content (AvgIpc) is 1.97. The van der Waals surface area contributed by atoms with Crippen LogP contribution in [0, 0.1) is 0 Å². The first-order valence-electron chi connectivity index (χ1n) is 2.73. The van der Waals surface area contributed by atoms with E-state index >= 15 is 0 Å². The third kappa shape index (κ3) is 6.72. The van der Waals surface area contributed by atoms with Crippen LogP contribution in [0.1, 0.15) is 0 Å². The summed E-state index contributed by atoms with van der Waals surface area (Å²) in [6.45, 7) is 3.06. The molecule has 0 aliphatic rings. The molecule has 0 fully saturated rings. The van der Waals surface area contributed by atoms with E-state index in [4.69, 9.17) is 0 Å². The summed E-state index contributed by atoms with van der Waals surface area (Å²) < 4.78 is 27.0. The maximum absolute atomic E-state index is 10.3. The highest BCUT2D eigenvalue weighted by Gasteiger charge is 1.92. The molecule has 0 aromatic heterocycles. The van der Waals surface area contributed by atoms with E-state index in [1.54, 1.807) is 0 Å². The van der Waals surface area contributed by atoms with Crippen LogP contribution >= 0.6 is 0 Å². The number of carbonyl (C=O) groups is 1. The number of esters is 1. The predicted molar refractivity (Wildman–Crippen MR) is 37.4 cm³/mol. The lowest BCUT2D eigenvalue weighted by molar-refractivity contribution is -0.137. The zero-order valence-electron chi connectivity index (χ0n) is 5.69. The fourth-order valence-electron chi connectivity index (χ4n) is 0.317. The molecule has 0 saturated heterocycles. The van der Waals surface area contributed by atoms with E-state index in [1.165, 1.54) is 0 Å². The predicted octanol–water partition coefficient (Wildman–Crippen LogP) is -0.222. The van der Waals surface area contributed by atoms with Gasteiger partial charge in [-0.15, -0.1) is 0 Å². The van der Waals surface area contributed by atoms with E-state index in [0.717, 1.165) is 6.08 Å². The van der Waals surface area contributed by atoms with Crippen molar-refractivity contribution >= 4 is 16.5 Å². The SMILES string of the molecule is C=CC(=O)OCCN=S(=O)=O. The normalized spacial score (nSPS) is 8.36. The molecule has 0 heterocycles. The van der Waals surface area contributed by atoms with E-state index < -0.39 is 16.5 Å². The van der Waals surface area contributed by atoms with Gasteiger partial charge < -0.3 is 4.74 Å². The van der Waals surface area contributed by atoms with Crippen molar-refractivity contribution in [1.82, 2.24) is 0 Å². The summed E-state index contributed by atoms with van der Waals surface area (Å²) in [5, 5.41) is 0. The fourth-order valence-corrected chi connectivity index (χ4v) is 0.541. The van der Waals surface area contributed by atoms with Gasteiger partial charge in [-0.05, 0) is 0 Å². The molecule has 11 heavy (non-hydrogen) atoms. The van der Waals surface area contributed by atoms with Gasteiger partial charge >= 0.3 is 16.5 Å². The molecule has 0 atom stereocenters. The molecule has 0 radical (unpaired) electrons. The lowest BCUT2D eigenvalue weighted by Gasteiger charge is -1.94. The van der Waals surface area contributed by atoms with Gasteiger partial charge in [-0.2, -0.15) is 12.8 Å². The first kappa shape index (κ1) is 9.83. The Hall–Kier alpha value is -1.17. The summed E-state index contributed by atoms with van der Waals surface area (Å²) in [6.07, 6.45) is 0.994. The van der Waals surface area contributed by atoms with E-state index in [-0.39, 0.29) is 13.2 Å². The molecule has 62 valence electrons. The minimum atomic E-state index is -2.42. The van der Waals surface area contributed by atoms with Crippen LogP contribution < -0.4 is 0 Å². The Bertz CT molecular complexity index is 258. The maximum Gasteiger partial charge on any atom is 0.330 e. The monoisotopic (exact) mass is 177 g/mol. The molecule has 0 bridgehead atoms. The first-order valence-corrected chi connectivity index (χ1v) is 3.76. The van der Waals surface area contributed by atoms with E-state index in [0.29, 0.717) is 0 Å². The lowest BCUT2D eigenvalue weighted by Crippen LogP contribution is -2.03. The highest BCUT2D eigenvalue weighted by Crippen LogP contribution is 1.79. The minimum absolute atomic E-state index is 0.0428. The Balaban J connectivity index is 3.51. The van der Waals surface area contributed by atoms with Gasteiger partial charge in [0.2, 0.25) is 0 Å². The number of ether oxygens (including phenoxy) is 1. The third-order valence-corrected chi connectivity index (χ3v) is 1.09. The van der Waals surface area contributed by atoms with Gasteiger partial charge in [-0.25, -0.2) is 4.79 Å². The topological polar surface area (TPSA) is 72.8 Å². The summed E-state index contributed by atoms with van der Waals surface area (Å²) in [4.78, 5) is 10.3. The minimum Gasteiger partial charge on any atom is -0.461 e. The molecule has 0 amide bonds. The maximum atomic E-state index is 10.3. The number of rotatable bonds is 4. The smallest absolute Gasteiger partial charge is 0.330 e. The van der Waals surface area contributed by atoms with Crippen molar-refractivity contribution in [1.29, 1.82) is 0 Å². The molecule has 0 aromatic carbocycles. The molecule has 6 heteroatoms. The van der Waals surface area contributed by atoms with E-state index in [1.807, 2.05) is 0 Å². The van der Waals surface area contributed by atoms with E-state index in [2.05, 4.69) is 15.7 Å². The van der Waals surface area contributed by atoms with Crippen LogP contribution in [0.3, 0.4) is 0 Å². The Labute approximate surface area is 65.4 Å². The molecule has 0 aliphatic heterocycles. The number of nitrogens with zero attached hydrogens (tertiary/aromatic N) is 1. The van der Waals surface area contributed by atoms with Gasteiger partial charge in [-0.3, -0.25) is 0 Å². The van der Waals surface area contributed by atoms with Gasteiger partial charge in [0.25, 0.3) is 0 Å². The van der Waals surface area contributed by atoms with Crippen molar-refractivity contribution in [3.05, 3.63) is 12.7 Å². The highest BCUT2D eigenvalue weighted by atomic mass is 32.2. The van der Waals surface area contributed by atoms with Crippen LogP contribution in [0.2, 0.25) is 0 Å². The van der Waals surface area contributed by atoms with Crippen LogP contribution in [0.25, 0.3) is 0 Å². The summed E-state index contributed by atoms with van der Waals surface area (Å²) in [6, 6.07) is 0. The van der Waals surface area contributed by atoms with Crippen molar-refractivity contribution in [3.8, 4) is 0 Å². The van der Waals surface area contributed by atoms with Crippen molar-refractivity contribution in [3.63, 3.8) is 0 Å². The summed E-state index contributed by atoms with van der Waals surface area (Å²) in [5.41, 5.74) is 0. The molecule has 0 N–H and O–H groups in total. The molecule has 0 spiro atoms. The van der Waals surface area contributed by atoms with Crippen LogP contribution in [-0.2, 0) is 20.0 Å². The van der Waals surface area contributed by atoms with Gasteiger partial charge in [0.1, 0.15) is 6.61 Å². The quantitative estimate of drug-likeness (QED) is 0.338. The second-order valence-corrected chi connectivity index (χ2v) is 2.13. The summed E-state index contributed by atoms with van der Waals surface area (Å²) in [7, 11) is -2.42. The Kier molecular flexibility index (Phi) is 5.01. The van der Waals surface area contributed by atoms with Crippen molar-refractivity contribution in [2.45, 2.75) is 0 Å². The molecule has 0 aromatic rings. The second kappa shape index (κ2) is 5.60. The Morgan fingerprint density at radius 3 is 2.73 bits per heavy atom. The number of carbonyl (C=O) groups excluding carboxylic acids is 1. The molecule has 0 saturated carbocycles. The van der Waals surface area contributed by atoms with E-state index in [9.17, 15) is 13.2 Å². The molecule has 5 nitrogen and oxygen atoms in total.